The van der Waals surface area contributed by atoms with Crippen LogP contribution in [-0.2, 0) is 13.1 Å². The first kappa shape index (κ1) is 21.6. The smallest absolute Gasteiger partial charge is 0.255 e. The Labute approximate surface area is 197 Å². The Morgan fingerprint density at radius 2 is 1.65 bits per heavy atom. The average Bonchev–Trinajstić information content (AvgIpc) is 3.26. The van der Waals surface area contributed by atoms with Crippen LogP contribution in [0.2, 0.25) is 0 Å². The third-order valence-electron chi connectivity index (χ3n) is 6.10. The van der Waals surface area contributed by atoms with Gasteiger partial charge in [0.25, 0.3) is 5.91 Å². The lowest BCUT2D eigenvalue weighted by atomic mass is 10.1. The van der Waals surface area contributed by atoms with Crippen molar-refractivity contribution >= 4 is 28.3 Å². The number of ether oxygens (including phenoxy) is 3. The number of nitrogens with one attached hydrogen (secondary N) is 1. The van der Waals surface area contributed by atoms with Crippen LogP contribution < -0.4 is 24.4 Å². The fourth-order valence-electron chi connectivity index (χ4n) is 4.35. The Kier molecular flexibility index (Phi) is 5.71. The molecule has 0 aliphatic carbocycles. The standard InChI is InChI=1S/C26H26N4O4/c1-32-22-11-9-18(29-12-13-30-21-7-5-4-6-19(21)27-25(30)16-29)15-20(22)28-26(31)17-8-10-23(33-2)24(14-17)34-3/h4-11,14-15H,12-13,16H2,1-3H3,(H,28,31). The van der Waals surface area contributed by atoms with Crippen molar-refractivity contribution in [3.8, 4) is 17.2 Å². The Morgan fingerprint density at radius 1 is 0.882 bits per heavy atom. The molecular formula is C26H26N4O4. The van der Waals surface area contributed by atoms with E-state index in [1.165, 1.54) is 0 Å². The molecule has 1 aliphatic heterocycles. The summed E-state index contributed by atoms with van der Waals surface area (Å²) in [6.07, 6.45) is 0. The first-order chi connectivity index (χ1) is 16.6. The zero-order valence-electron chi connectivity index (χ0n) is 19.4. The molecule has 34 heavy (non-hydrogen) atoms. The molecule has 1 aromatic heterocycles. The number of fused-ring (bicyclic) bond motifs is 3. The van der Waals surface area contributed by atoms with Gasteiger partial charge in [0.15, 0.2) is 11.5 Å². The van der Waals surface area contributed by atoms with E-state index in [-0.39, 0.29) is 5.91 Å². The summed E-state index contributed by atoms with van der Waals surface area (Å²) in [5.74, 6) is 2.40. The van der Waals surface area contributed by atoms with E-state index in [0.29, 0.717) is 35.0 Å². The molecule has 1 amide bonds. The van der Waals surface area contributed by atoms with E-state index >= 15 is 0 Å². The molecule has 4 aromatic rings. The van der Waals surface area contributed by atoms with Crippen LogP contribution in [0.4, 0.5) is 11.4 Å². The van der Waals surface area contributed by atoms with Gasteiger partial charge in [-0.1, -0.05) is 12.1 Å². The Hall–Kier alpha value is -4.20. The van der Waals surface area contributed by atoms with E-state index in [0.717, 1.165) is 35.6 Å². The van der Waals surface area contributed by atoms with E-state index in [1.807, 2.05) is 36.4 Å². The molecule has 0 bridgehead atoms. The minimum atomic E-state index is -0.267. The predicted octanol–water partition coefficient (Wildman–Crippen LogP) is 4.33. The van der Waals surface area contributed by atoms with Crippen LogP contribution in [0.25, 0.3) is 11.0 Å². The van der Waals surface area contributed by atoms with Crippen LogP contribution in [0.1, 0.15) is 16.2 Å². The minimum Gasteiger partial charge on any atom is -0.495 e. The van der Waals surface area contributed by atoms with Crippen molar-refractivity contribution in [2.24, 2.45) is 0 Å². The molecule has 8 nitrogen and oxygen atoms in total. The lowest BCUT2D eigenvalue weighted by molar-refractivity contribution is 0.102. The summed E-state index contributed by atoms with van der Waals surface area (Å²) in [7, 11) is 4.69. The molecule has 8 heteroatoms. The maximum Gasteiger partial charge on any atom is 0.255 e. The summed E-state index contributed by atoms with van der Waals surface area (Å²) in [6.45, 7) is 2.36. The number of imidazole rings is 1. The van der Waals surface area contributed by atoms with Gasteiger partial charge in [-0.15, -0.1) is 0 Å². The topological polar surface area (TPSA) is 77.9 Å². The van der Waals surface area contributed by atoms with Crippen molar-refractivity contribution in [3.05, 3.63) is 72.1 Å². The number of aromatic nitrogens is 2. The molecular weight excluding hydrogens is 432 g/mol. The quantitative estimate of drug-likeness (QED) is 0.463. The van der Waals surface area contributed by atoms with Crippen LogP contribution in [-0.4, -0.2) is 43.3 Å². The number of carbonyl (C=O) groups excluding carboxylic acids is 1. The van der Waals surface area contributed by atoms with Crippen LogP contribution in [0.5, 0.6) is 17.2 Å². The lowest BCUT2D eigenvalue weighted by Crippen LogP contribution is -2.33. The molecule has 1 N–H and O–H groups in total. The summed E-state index contributed by atoms with van der Waals surface area (Å²) < 4.78 is 18.4. The maximum atomic E-state index is 13.0. The summed E-state index contributed by atoms with van der Waals surface area (Å²) >= 11 is 0. The van der Waals surface area contributed by atoms with Crippen LogP contribution in [0, 0.1) is 0 Å². The fourth-order valence-corrected chi connectivity index (χ4v) is 4.35. The second-order valence-electron chi connectivity index (χ2n) is 8.00. The number of anilines is 2. The van der Waals surface area contributed by atoms with E-state index < -0.39 is 0 Å². The van der Waals surface area contributed by atoms with Gasteiger partial charge in [0, 0.05) is 24.3 Å². The number of rotatable bonds is 6. The molecule has 0 fully saturated rings. The molecule has 0 saturated heterocycles. The van der Waals surface area contributed by atoms with Crippen LogP contribution in [0.15, 0.2) is 60.7 Å². The van der Waals surface area contributed by atoms with E-state index in [4.69, 9.17) is 19.2 Å². The third-order valence-corrected chi connectivity index (χ3v) is 6.10. The number of hydrogen-bond acceptors (Lipinski definition) is 6. The number of para-hydroxylation sites is 2. The lowest BCUT2D eigenvalue weighted by Gasteiger charge is -2.30. The van der Waals surface area contributed by atoms with Crippen molar-refractivity contribution < 1.29 is 19.0 Å². The van der Waals surface area contributed by atoms with Crippen molar-refractivity contribution in [1.82, 2.24) is 9.55 Å². The molecule has 1 aliphatic rings. The van der Waals surface area contributed by atoms with Gasteiger partial charge in [-0.25, -0.2) is 4.98 Å². The number of methoxy groups -OCH3 is 3. The Balaban J connectivity index is 1.40. The summed E-state index contributed by atoms with van der Waals surface area (Å²) in [5.41, 5.74) is 4.21. The molecule has 5 rings (SSSR count). The van der Waals surface area contributed by atoms with Crippen LogP contribution >= 0.6 is 0 Å². The normalized spacial score (nSPS) is 12.9. The highest BCUT2D eigenvalue weighted by Crippen LogP contribution is 2.33. The van der Waals surface area contributed by atoms with Crippen molar-refractivity contribution in [3.63, 3.8) is 0 Å². The van der Waals surface area contributed by atoms with Gasteiger partial charge in [-0.05, 0) is 48.5 Å². The van der Waals surface area contributed by atoms with Gasteiger partial charge < -0.3 is 29.0 Å². The van der Waals surface area contributed by atoms with E-state index in [2.05, 4.69) is 20.9 Å². The molecule has 0 saturated carbocycles. The monoisotopic (exact) mass is 458 g/mol. The summed E-state index contributed by atoms with van der Waals surface area (Å²) in [5, 5.41) is 2.98. The predicted molar refractivity (Wildman–Crippen MR) is 131 cm³/mol. The highest BCUT2D eigenvalue weighted by molar-refractivity contribution is 6.05. The van der Waals surface area contributed by atoms with Gasteiger partial charge in [0.2, 0.25) is 0 Å². The first-order valence-electron chi connectivity index (χ1n) is 11.0. The number of carbonyl (C=O) groups is 1. The van der Waals surface area contributed by atoms with Crippen LogP contribution in [0.3, 0.4) is 0 Å². The summed E-state index contributed by atoms with van der Waals surface area (Å²) in [4.78, 5) is 20.1. The van der Waals surface area contributed by atoms with Gasteiger partial charge in [-0.3, -0.25) is 4.79 Å². The molecule has 0 atom stereocenters. The molecule has 2 heterocycles. The zero-order valence-corrected chi connectivity index (χ0v) is 19.4. The first-order valence-corrected chi connectivity index (χ1v) is 11.0. The second kappa shape index (κ2) is 8.97. The molecule has 0 unspecified atom stereocenters. The molecule has 0 spiro atoms. The molecule has 0 radical (unpaired) electrons. The van der Waals surface area contributed by atoms with E-state index in [9.17, 15) is 4.79 Å². The number of benzene rings is 3. The Bertz CT molecular complexity index is 1360. The molecule has 3 aromatic carbocycles. The maximum absolute atomic E-state index is 13.0. The molecule has 174 valence electrons. The van der Waals surface area contributed by atoms with Crippen molar-refractivity contribution in [2.75, 3.05) is 38.1 Å². The SMILES string of the molecule is COc1ccc(N2CCn3c(nc4ccccc43)C2)cc1NC(=O)c1ccc(OC)c(OC)c1. The van der Waals surface area contributed by atoms with Gasteiger partial charge >= 0.3 is 0 Å². The van der Waals surface area contributed by atoms with Gasteiger partial charge in [0.1, 0.15) is 11.6 Å². The second-order valence-corrected chi connectivity index (χ2v) is 8.00. The highest BCUT2D eigenvalue weighted by atomic mass is 16.5. The highest BCUT2D eigenvalue weighted by Gasteiger charge is 2.21. The van der Waals surface area contributed by atoms with E-state index in [1.54, 1.807) is 39.5 Å². The average molecular weight is 459 g/mol. The number of amides is 1. The van der Waals surface area contributed by atoms with Crippen molar-refractivity contribution in [1.29, 1.82) is 0 Å². The van der Waals surface area contributed by atoms with Crippen molar-refractivity contribution in [2.45, 2.75) is 13.1 Å². The number of hydrogen-bond donors (Lipinski definition) is 1. The van der Waals surface area contributed by atoms with Gasteiger partial charge in [-0.2, -0.15) is 0 Å². The Morgan fingerprint density at radius 3 is 2.44 bits per heavy atom. The largest absolute Gasteiger partial charge is 0.495 e. The summed E-state index contributed by atoms with van der Waals surface area (Å²) in [6, 6.07) is 19.1. The minimum absolute atomic E-state index is 0.267. The van der Waals surface area contributed by atoms with Gasteiger partial charge in [0.05, 0.1) is 44.6 Å². The number of nitrogens with zero attached hydrogens (tertiary/aromatic N) is 3. The fraction of sp³-hybridized carbons (Fsp3) is 0.231. The zero-order chi connectivity index (χ0) is 23.7. The third kappa shape index (κ3) is 3.87.